The molecule has 3 heterocycles. The number of aromatic nitrogens is 4. The van der Waals surface area contributed by atoms with Crippen LogP contribution in [-0.2, 0) is 4.79 Å². The Morgan fingerprint density at radius 1 is 1.08 bits per heavy atom. The van der Waals surface area contributed by atoms with Crippen LogP contribution in [-0.4, -0.2) is 62.5 Å². The van der Waals surface area contributed by atoms with E-state index >= 15 is 0 Å². The van der Waals surface area contributed by atoms with Crippen LogP contribution in [0.3, 0.4) is 0 Å². The summed E-state index contributed by atoms with van der Waals surface area (Å²) in [7, 11) is 0. The lowest BCUT2D eigenvalue weighted by Gasteiger charge is -2.44. The van der Waals surface area contributed by atoms with Gasteiger partial charge in [-0.05, 0) is 50.2 Å². The predicted octanol–water partition coefficient (Wildman–Crippen LogP) is 3.70. The number of ether oxygens (including phenoxy) is 1. The van der Waals surface area contributed by atoms with Gasteiger partial charge in [-0.25, -0.2) is 9.97 Å². The monoisotopic (exact) mass is 528 g/mol. The molecule has 0 bridgehead atoms. The van der Waals surface area contributed by atoms with E-state index in [-0.39, 0.29) is 30.5 Å². The molecule has 0 spiro atoms. The molecule has 1 aliphatic rings. The Morgan fingerprint density at radius 3 is 2.53 bits per heavy atom. The first-order valence-corrected chi connectivity index (χ1v) is 12.5. The Kier molecular flexibility index (Phi) is 6.94. The molecular weight excluding hydrogens is 504 g/mol. The highest BCUT2D eigenvalue weighted by molar-refractivity contribution is 6.30. The zero-order valence-electron chi connectivity index (χ0n) is 20.9. The second kappa shape index (κ2) is 10.5. The summed E-state index contributed by atoms with van der Waals surface area (Å²) in [6, 6.07) is 15.9. The van der Waals surface area contributed by atoms with Gasteiger partial charge in [-0.3, -0.25) is 4.79 Å². The largest absolute Gasteiger partial charge is 0.484 e. The molecule has 1 saturated heterocycles. The second-order valence-electron chi connectivity index (χ2n) is 9.16. The smallest absolute Gasteiger partial charge is 0.260 e. The lowest BCUT2D eigenvalue weighted by atomic mass is 10.1. The van der Waals surface area contributed by atoms with Crippen molar-refractivity contribution < 1.29 is 9.53 Å². The number of nitrogens with two attached hydrogens (primary N) is 1. The number of rotatable bonds is 5. The maximum absolute atomic E-state index is 13.0. The lowest BCUT2D eigenvalue weighted by molar-refractivity contribution is -0.136. The number of piperazine rings is 1. The number of hydrogen-bond donors (Lipinski definition) is 1. The molecule has 192 valence electrons. The fourth-order valence-corrected chi connectivity index (χ4v) is 4.62. The summed E-state index contributed by atoms with van der Waals surface area (Å²) < 4.78 is 5.68. The van der Waals surface area contributed by atoms with E-state index in [2.05, 4.69) is 25.9 Å². The van der Waals surface area contributed by atoms with Crippen LogP contribution < -0.4 is 15.4 Å². The van der Waals surface area contributed by atoms with Crippen molar-refractivity contribution in [1.82, 2.24) is 24.8 Å². The van der Waals surface area contributed by atoms with E-state index in [1.165, 1.54) is 0 Å². The number of halogens is 1. The summed E-state index contributed by atoms with van der Waals surface area (Å²) in [5, 5.41) is 9.70. The van der Waals surface area contributed by atoms with Crippen molar-refractivity contribution >= 4 is 40.4 Å². The minimum Gasteiger partial charge on any atom is -0.484 e. The number of fused-ring (bicyclic) bond motifs is 1. The number of nitriles is 1. The van der Waals surface area contributed by atoms with Crippen LogP contribution in [0.15, 0.2) is 54.7 Å². The third-order valence-electron chi connectivity index (χ3n) is 6.47. The van der Waals surface area contributed by atoms with E-state index in [0.29, 0.717) is 52.1 Å². The molecule has 5 rings (SSSR count). The topological polar surface area (TPSA) is 134 Å². The number of nitrogens with zero attached hydrogens (tertiary/aromatic N) is 7. The third kappa shape index (κ3) is 5.14. The molecule has 10 nitrogen and oxygen atoms in total. The van der Waals surface area contributed by atoms with Crippen molar-refractivity contribution in [2.45, 2.75) is 25.9 Å². The number of benzene rings is 2. The highest BCUT2D eigenvalue weighted by atomic mass is 35.5. The van der Waals surface area contributed by atoms with Gasteiger partial charge >= 0.3 is 0 Å². The first-order chi connectivity index (χ1) is 18.3. The fraction of sp³-hybridized carbons (Fsp3) is 0.259. The molecule has 0 saturated carbocycles. The molecule has 0 unspecified atom stereocenters. The summed E-state index contributed by atoms with van der Waals surface area (Å²) >= 11 is 5.92. The highest BCUT2D eigenvalue weighted by Gasteiger charge is 2.34. The molecule has 2 aromatic carbocycles. The van der Waals surface area contributed by atoms with Crippen LogP contribution in [0.1, 0.15) is 19.4 Å². The molecule has 38 heavy (non-hydrogen) atoms. The number of carbonyl (C=O) groups excluding carboxylic acids is 1. The van der Waals surface area contributed by atoms with E-state index in [0.717, 1.165) is 5.56 Å². The van der Waals surface area contributed by atoms with Crippen molar-refractivity contribution in [3.8, 4) is 23.1 Å². The predicted molar refractivity (Wildman–Crippen MR) is 145 cm³/mol. The average Bonchev–Trinajstić information content (AvgIpc) is 2.93. The number of nitrogen functional groups attached to an aromatic ring is 1. The van der Waals surface area contributed by atoms with Crippen molar-refractivity contribution in [3.05, 3.63) is 65.3 Å². The Labute approximate surface area is 224 Å². The molecule has 2 N–H and O–H groups in total. The summed E-state index contributed by atoms with van der Waals surface area (Å²) in [5.41, 5.74) is 8.95. The molecule has 1 fully saturated rings. The van der Waals surface area contributed by atoms with Gasteiger partial charge in [-0.1, -0.05) is 23.7 Å². The van der Waals surface area contributed by atoms with Crippen LogP contribution >= 0.6 is 11.6 Å². The van der Waals surface area contributed by atoms with Gasteiger partial charge in [-0.2, -0.15) is 15.2 Å². The molecule has 2 atom stereocenters. The SMILES string of the molecule is C[C@@H]1CN(c2nc(N)nc3ncc(-c4ccc(C#N)cc4)nc23)[C@@H](C)CN1C(=O)COc1ccc(Cl)cc1. The molecule has 0 aliphatic carbocycles. The normalized spacial score (nSPS) is 17.3. The first kappa shape index (κ1) is 25.2. The van der Waals surface area contributed by atoms with Crippen molar-refractivity contribution in [2.24, 2.45) is 0 Å². The summed E-state index contributed by atoms with van der Waals surface area (Å²) in [5.74, 6) is 1.15. The number of carbonyl (C=O) groups is 1. The Bertz CT molecular complexity index is 1520. The quantitative estimate of drug-likeness (QED) is 0.411. The fourth-order valence-electron chi connectivity index (χ4n) is 4.49. The zero-order valence-corrected chi connectivity index (χ0v) is 21.6. The van der Waals surface area contributed by atoms with Crippen LogP contribution in [0.2, 0.25) is 5.02 Å². The van der Waals surface area contributed by atoms with Gasteiger partial charge in [0.25, 0.3) is 5.91 Å². The molecule has 4 aromatic rings. The Balaban J connectivity index is 1.38. The van der Waals surface area contributed by atoms with Gasteiger partial charge < -0.3 is 20.3 Å². The second-order valence-corrected chi connectivity index (χ2v) is 9.60. The van der Waals surface area contributed by atoms with Gasteiger partial charge in [0.05, 0.1) is 23.5 Å². The van der Waals surface area contributed by atoms with E-state index < -0.39 is 0 Å². The maximum Gasteiger partial charge on any atom is 0.260 e. The number of anilines is 2. The van der Waals surface area contributed by atoms with Gasteiger partial charge in [0.1, 0.15) is 5.75 Å². The molecule has 0 radical (unpaired) electrons. The van der Waals surface area contributed by atoms with Gasteiger partial charge in [0.15, 0.2) is 23.6 Å². The van der Waals surface area contributed by atoms with Crippen LogP contribution in [0.4, 0.5) is 11.8 Å². The van der Waals surface area contributed by atoms with Crippen LogP contribution in [0, 0.1) is 11.3 Å². The molecular formula is C27H25ClN8O2. The zero-order chi connectivity index (χ0) is 26.8. The van der Waals surface area contributed by atoms with E-state index in [1.807, 2.05) is 30.9 Å². The standard InChI is InChI=1S/C27H25ClN8O2/c1-16-14-36(17(2)13-35(16)23(37)15-38-21-9-7-20(28)8-10-21)26-24-25(33-27(30)34-26)31-12-22(32-24)19-5-3-18(11-29)4-6-19/h3-10,12,16-17H,13-15H2,1-2H3,(H2,30,31,33,34)/t16-,17+/m1/s1. The molecule has 1 aliphatic heterocycles. The Hall–Kier alpha value is -4.49. The molecule has 2 aromatic heterocycles. The lowest BCUT2D eigenvalue weighted by Crippen LogP contribution is -2.59. The minimum atomic E-state index is -0.117. The summed E-state index contributed by atoms with van der Waals surface area (Å²) in [6.45, 7) is 4.93. The number of hydrogen-bond acceptors (Lipinski definition) is 9. The minimum absolute atomic E-state index is 0.0680. The van der Waals surface area contributed by atoms with Gasteiger partial charge in [0.2, 0.25) is 5.95 Å². The van der Waals surface area contributed by atoms with Crippen molar-refractivity contribution in [1.29, 1.82) is 5.26 Å². The van der Waals surface area contributed by atoms with Crippen molar-refractivity contribution in [2.75, 3.05) is 30.3 Å². The average molecular weight is 529 g/mol. The van der Waals surface area contributed by atoms with E-state index in [9.17, 15) is 4.79 Å². The van der Waals surface area contributed by atoms with Crippen LogP contribution in [0.5, 0.6) is 5.75 Å². The molecule has 11 heteroatoms. The van der Waals surface area contributed by atoms with Gasteiger partial charge in [-0.15, -0.1) is 0 Å². The van der Waals surface area contributed by atoms with E-state index in [1.54, 1.807) is 42.6 Å². The Morgan fingerprint density at radius 2 is 1.82 bits per heavy atom. The highest BCUT2D eigenvalue weighted by Crippen LogP contribution is 2.29. The summed E-state index contributed by atoms with van der Waals surface area (Å²) in [4.78, 5) is 35.0. The number of amides is 1. The third-order valence-corrected chi connectivity index (χ3v) is 6.72. The summed E-state index contributed by atoms with van der Waals surface area (Å²) in [6.07, 6.45) is 1.63. The molecule has 1 amide bonds. The maximum atomic E-state index is 13.0. The van der Waals surface area contributed by atoms with E-state index in [4.69, 9.17) is 32.3 Å². The van der Waals surface area contributed by atoms with Crippen LogP contribution in [0.25, 0.3) is 22.4 Å². The van der Waals surface area contributed by atoms with Crippen molar-refractivity contribution in [3.63, 3.8) is 0 Å². The first-order valence-electron chi connectivity index (χ1n) is 12.1. The van der Waals surface area contributed by atoms with Gasteiger partial charge in [0, 0.05) is 35.8 Å².